The molecule has 1 aromatic carbocycles. The Bertz CT molecular complexity index is 680. The first-order valence-corrected chi connectivity index (χ1v) is 7.87. The number of aryl methyl sites for hydroxylation is 2. The van der Waals surface area contributed by atoms with E-state index in [2.05, 4.69) is 5.32 Å². The Morgan fingerprint density at radius 1 is 1.15 bits per heavy atom. The maximum absolute atomic E-state index is 6.53. The third-order valence-electron chi connectivity index (χ3n) is 4.11. The van der Waals surface area contributed by atoms with E-state index >= 15 is 0 Å². The fraction of sp³-hybridized carbons (Fsp3) is 0.438. The van der Waals surface area contributed by atoms with Crippen molar-refractivity contribution in [3.8, 4) is 0 Å². The fourth-order valence-electron chi connectivity index (χ4n) is 3.10. The summed E-state index contributed by atoms with van der Waals surface area (Å²) in [7, 11) is 1.95. The molecule has 20 heavy (non-hydrogen) atoms. The van der Waals surface area contributed by atoms with Gasteiger partial charge < -0.3 is 5.32 Å². The highest BCUT2D eigenvalue weighted by atomic mass is 35.5. The monoisotopic (exact) mass is 308 g/mol. The zero-order valence-electron chi connectivity index (χ0n) is 11.8. The second-order valence-corrected chi connectivity index (χ2v) is 6.22. The summed E-state index contributed by atoms with van der Waals surface area (Å²) in [6, 6.07) is 1.90. The molecule has 0 aliphatic heterocycles. The van der Waals surface area contributed by atoms with Gasteiger partial charge in [0, 0.05) is 23.8 Å². The van der Waals surface area contributed by atoms with Gasteiger partial charge in [-0.05, 0) is 49.8 Å². The van der Waals surface area contributed by atoms with E-state index in [1.54, 1.807) is 0 Å². The topological polar surface area (TPSA) is 24.9 Å². The van der Waals surface area contributed by atoms with E-state index in [0.29, 0.717) is 5.02 Å². The minimum atomic E-state index is 0.686. The van der Waals surface area contributed by atoms with Crippen molar-refractivity contribution in [3.63, 3.8) is 0 Å². The van der Waals surface area contributed by atoms with Crippen molar-refractivity contribution in [2.45, 2.75) is 39.0 Å². The molecule has 0 saturated heterocycles. The van der Waals surface area contributed by atoms with Crippen molar-refractivity contribution in [1.82, 2.24) is 4.98 Å². The summed E-state index contributed by atoms with van der Waals surface area (Å²) in [6.07, 6.45) is 5.77. The molecular weight excluding hydrogens is 291 g/mol. The Morgan fingerprint density at radius 3 is 2.65 bits per heavy atom. The van der Waals surface area contributed by atoms with Crippen molar-refractivity contribution < 1.29 is 0 Å². The van der Waals surface area contributed by atoms with E-state index in [-0.39, 0.29) is 0 Å². The Balaban J connectivity index is 2.43. The van der Waals surface area contributed by atoms with Crippen LogP contribution in [0.5, 0.6) is 0 Å². The third-order valence-corrected chi connectivity index (χ3v) is 4.88. The van der Waals surface area contributed by atoms with Gasteiger partial charge in [-0.1, -0.05) is 29.6 Å². The van der Waals surface area contributed by atoms with Gasteiger partial charge in [0.2, 0.25) is 0 Å². The number of pyridine rings is 1. The first-order valence-electron chi connectivity index (χ1n) is 7.11. The predicted octanol–water partition coefficient (Wildman–Crippen LogP) is 5.16. The zero-order valence-corrected chi connectivity index (χ0v) is 13.3. The smallest absolute Gasteiger partial charge is 0.0927 e. The average Bonchev–Trinajstić information content (AvgIpc) is 2.67. The summed E-state index contributed by atoms with van der Waals surface area (Å²) in [5, 5.41) is 5.75. The quantitative estimate of drug-likeness (QED) is 0.736. The lowest BCUT2D eigenvalue weighted by molar-refractivity contribution is 0.709. The van der Waals surface area contributed by atoms with Crippen LogP contribution in [-0.2, 0) is 12.8 Å². The minimum Gasteiger partial charge on any atom is -0.387 e. The van der Waals surface area contributed by atoms with Gasteiger partial charge in [0.05, 0.1) is 15.6 Å². The highest BCUT2D eigenvalue weighted by molar-refractivity contribution is 6.41. The van der Waals surface area contributed by atoms with E-state index in [0.717, 1.165) is 40.0 Å². The molecule has 2 nitrogen and oxygen atoms in total. The molecule has 0 saturated carbocycles. The lowest BCUT2D eigenvalue weighted by Gasteiger charge is -2.17. The summed E-state index contributed by atoms with van der Waals surface area (Å²) in [6.45, 7) is 1.98. The molecule has 1 heterocycles. The summed E-state index contributed by atoms with van der Waals surface area (Å²) < 4.78 is 0. The lowest BCUT2D eigenvalue weighted by atomic mass is 10.0. The Kier molecular flexibility index (Phi) is 3.78. The fourth-order valence-corrected chi connectivity index (χ4v) is 3.64. The van der Waals surface area contributed by atoms with Crippen LogP contribution in [0, 0.1) is 6.92 Å². The molecule has 0 amide bonds. The van der Waals surface area contributed by atoms with Crippen molar-refractivity contribution in [1.29, 1.82) is 0 Å². The van der Waals surface area contributed by atoms with Crippen LogP contribution in [0.3, 0.4) is 0 Å². The van der Waals surface area contributed by atoms with Crippen LogP contribution >= 0.6 is 23.2 Å². The van der Waals surface area contributed by atoms with E-state index in [4.69, 9.17) is 28.2 Å². The van der Waals surface area contributed by atoms with Crippen LogP contribution in [0.15, 0.2) is 6.07 Å². The van der Waals surface area contributed by atoms with Crippen LogP contribution in [0.4, 0.5) is 5.69 Å². The molecule has 0 fully saturated rings. The molecule has 2 aromatic rings. The first-order chi connectivity index (χ1) is 9.63. The van der Waals surface area contributed by atoms with E-state index in [1.807, 2.05) is 20.0 Å². The summed E-state index contributed by atoms with van der Waals surface area (Å²) >= 11 is 12.9. The highest BCUT2D eigenvalue weighted by Crippen LogP contribution is 2.40. The maximum atomic E-state index is 6.53. The molecule has 1 aromatic heterocycles. The number of hydrogen-bond donors (Lipinski definition) is 1. The van der Waals surface area contributed by atoms with E-state index < -0.39 is 0 Å². The van der Waals surface area contributed by atoms with E-state index in [1.165, 1.54) is 30.5 Å². The SMILES string of the molecule is CNc1c2c(nc3c(Cl)cc(C)c(Cl)c13)CCCCC2. The van der Waals surface area contributed by atoms with Gasteiger partial charge in [0.1, 0.15) is 0 Å². The molecule has 4 heteroatoms. The lowest BCUT2D eigenvalue weighted by Crippen LogP contribution is -2.04. The van der Waals surface area contributed by atoms with Crippen LogP contribution in [0.2, 0.25) is 10.0 Å². The van der Waals surface area contributed by atoms with Gasteiger partial charge in [0.15, 0.2) is 0 Å². The van der Waals surface area contributed by atoms with Gasteiger partial charge in [-0.2, -0.15) is 0 Å². The van der Waals surface area contributed by atoms with Crippen molar-refractivity contribution in [3.05, 3.63) is 32.9 Å². The van der Waals surface area contributed by atoms with Crippen LogP contribution in [-0.4, -0.2) is 12.0 Å². The van der Waals surface area contributed by atoms with Gasteiger partial charge >= 0.3 is 0 Å². The summed E-state index contributed by atoms with van der Waals surface area (Å²) in [5.41, 5.74) is 5.44. The molecule has 1 aliphatic carbocycles. The Hall–Kier alpha value is -0.990. The molecule has 0 bridgehead atoms. The molecule has 0 radical (unpaired) electrons. The Labute approximate surface area is 129 Å². The van der Waals surface area contributed by atoms with Gasteiger partial charge in [-0.15, -0.1) is 0 Å². The van der Waals surface area contributed by atoms with Crippen LogP contribution < -0.4 is 5.32 Å². The van der Waals surface area contributed by atoms with Gasteiger partial charge in [-0.3, -0.25) is 4.98 Å². The molecule has 106 valence electrons. The molecule has 3 rings (SSSR count). The summed E-state index contributed by atoms with van der Waals surface area (Å²) in [4.78, 5) is 4.83. The minimum absolute atomic E-state index is 0.686. The molecule has 1 N–H and O–H groups in total. The third kappa shape index (κ3) is 2.15. The maximum Gasteiger partial charge on any atom is 0.0927 e. The van der Waals surface area contributed by atoms with Crippen molar-refractivity contribution in [2.75, 3.05) is 12.4 Å². The molecular formula is C16H18Cl2N2. The highest BCUT2D eigenvalue weighted by Gasteiger charge is 2.20. The van der Waals surface area contributed by atoms with E-state index in [9.17, 15) is 0 Å². The molecule has 0 atom stereocenters. The number of benzene rings is 1. The zero-order chi connectivity index (χ0) is 14.3. The van der Waals surface area contributed by atoms with Crippen molar-refractivity contribution in [2.24, 2.45) is 0 Å². The number of nitrogens with one attached hydrogen (secondary N) is 1. The number of fused-ring (bicyclic) bond motifs is 2. The second-order valence-electron chi connectivity index (χ2n) is 5.44. The predicted molar refractivity (Wildman–Crippen MR) is 87.3 cm³/mol. The summed E-state index contributed by atoms with van der Waals surface area (Å²) in [5.74, 6) is 0. The molecule has 1 aliphatic rings. The first kappa shape index (κ1) is 14.0. The average molecular weight is 309 g/mol. The number of nitrogens with zero attached hydrogens (tertiary/aromatic N) is 1. The number of aromatic nitrogens is 1. The number of hydrogen-bond acceptors (Lipinski definition) is 2. The number of anilines is 1. The van der Waals surface area contributed by atoms with Gasteiger partial charge in [0.25, 0.3) is 0 Å². The van der Waals surface area contributed by atoms with Gasteiger partial charge in [-0.25, -0.2) is 0 Å². The van der Waals surface area contributed by atoms with Crippen LogP contribution in [0.25, 0.3) is 10.9 Å². The second kappa shape index (κ2) is 5.42. The van der Waals surface area contributed by atoms with Crippen LogP contribution in [0.1, 0.15) is 36.1 Å². The molecule has 0 unspecified atom stereocenters. The normalized spacial score (nSPS) is 15.0. The largest absolute Gasteiger partial charge is 0.387 e. The van der Waals surface area contributed by atoms with Crippen molar-refractivity contribution >= 4 is 39.8 Å². The molecule has 0 spiro atoms. The number of halogens is 2. The number of rotatable bonds is 1. The standard InChI is InChI=1S/C16H18Cl2N2/c1-9-8-11(17)16-13(14(9)18)15(19-2)10-6-4-3-5-7-12(10)20-16/h8H,3-7H2,1-2H3,(H,19,20). The Morgan fingerprint density at radius 2 is 1.90 bits per heavy atom.